The van der Waals surface area contributed by atoms with Crippen molar-refractivity contribution in [2.75, 3.05) is 5.73 Å². The van der Waals surface area contributed by atoms with Gasteiger partial charge in [-0.2, -0.15) is 5.10 Å². The smallest absolute Gasteiger partial charge is 0.285 e. The third-order valence-electron chi connectivity index (χ3n) is 4.63. The van der Waals surface area contributed by atoms with Crippen LogP contribution in [0.5, 0.6) is 5.88 Å². The molecule has 1 atom stereocenters. The Hall–Kier alpha value is -3.57. The molecule has 0 aliphatic carbocycles. The number of hydrogen-bond acceptors (Lipinski definition) is 9. The Morgan fingerprint density at radius 3 is 2.85 bits per heavy atom. The second-order valence-corrected chi connectivity index (χ2v) is 8.37. The van der Waals surface area contributed by atoms with Crippen LogP contribution < -0.4 is 19.9 Å². The van der Waals surface area contributed by atoms with Crippen molar-refractivity contribution in [2.24, 2.45) is 7.05 Å². The summed E-state index contributed by atoms with van der Waals surface area (Å²) in [7, 11) is -3.04. The third kappa shape index (κ3) is 6.02. The molecular weight excluding hydrogens is 451 g/mol. The number of pyridine rings is 2. The van der Waals surface area contributed by atoms with E-state index in [0.29, 0.717) is 35.9 Å². The van der Waals surface area contributed by atoms with Crippen molar-refractivity contribution in [3.05, 3.63) is 71.9 Å². The topological polar surface area (TPSA) is 165 Å². The average molecular weight is 472 g/mol. The van der Waals surface area contributed by atoms with Crippen molar-refractivity contribution in [3.63, 3.8) is 0 Å². The molecule has 0 spiro atoms. The standard InChI is InChI=1S/C20H21N6O6P/c1-25-11-15(10-23-25)12-30-19-5-4-14(9-22-19)7-16-8-18(32-24-16)17-3-2-6-26(20(17)21)13-31-33(27,28)29/h2-6,8-11,21H,7,12-13H2,1H3,(H2,27,28,29). The van der Waals surface area contributed by atoms with Gasteiger partial charge in [0.2, 0.25) is 5.88 Å². The first kappa shape index (κ1) is 22.6. The summed E-state index contributed by atoms with van der Waals surface area (Å²) in [6, 6.07) is 8.73. The van der Waals surface area contributed by atoms with Crippen molar-refractivity contribution >= 4 is 13.6 Å². The Bertz CT molecular complexity index is 1280. The van der Waals surface area contributed by atoms with E-state index in [1.807, 2.05) is 19.3 Å². The van der Waals surface area contributed by atoms with Gasteiger partial charge in [-0.05, 0) is 17.7 Å². The predicted octanol–water partition coefficient (Wildman–Crippen LogP) is 0.944. The minimum absolute atomic E-state index is 0.186. The fourth-order valence-electron chi connectivity index (χ4n) is 3.06. The molecule has 1 unspecified atom stereocenters. The van der Waals surface area contributed by atoms with Crippen molar-refractivity contribution in [1.29, 1.82) is 0 Å². The molecule has 0 bridgehead atoms. The quantitative estimate of drug-likeness (QED) is 0.264. The third-order valence-corrected chi connectivity index (χ3v) is 5.07. The van der Waals surface area contributed by atoms with Crippen LogP contribution in [0, 0.1) is 0 Å². The molecule has 4 rings (SSSR count). The first-order valence-corrected chi connectivity index (χ1v) is 11.2. The molecule has 0 aliphatic heterocycles. The molecule has 13 heteroatoms. The molecule has 172 valence electrons. The highest BCUT2D eigenvalue weighted by molar-refractivity contribution is 7.44. The summed E-state index contributed by atoms with van der Waals surface area (Å²) >= 11 is 0. The van der Waals surface area contributed by atoms with Gasteiger partial charge in [0.1, 0.15) is 12.2 Å². The highest BCUT2D eigenvalue weighted by atomic mass is 31.2. The van der Waals surface area contributed by atoms with E-state index in [4.69, 9.17) is 19.9 Å². The average Bonchev–Trinajstić information content (AvgIpc) is 3.41. The van der Waals surface area contributed by atoms with Gasteiger partial charge < -0.3 is 19.0 Å². The normalized spacial score (nSPS) is 13.1. The van der Waals surface area contributed by atoms with Crippen molar-refractivity contribution in [2.45, 2.75) is 19.8 Å². The molecule has 0 fully saturated rings. The maximum absolute atomic E-state index is 10.8. The first-order valence-electron chi connectivity index (χ1n) is 9.74. The highest BCUT2D eigenvalue weighted by Gasteiger charge is 2.18. The zero-order chi connectivity index (χ0) is 23.4. The summed E-state index contributed by atoms with van der Waals surface area (Å²) < 4.78 is 29.3. The Kier molecular flexibility index (Phi) is 6.52. The van der Waals surface area contributed by atoms with Crippen LogP contribution in [0.3, 0.4) is 0 Å². The fourth-order valence-corrected chi connectivity index (χ4v) is 3.33. The molecule has 0 aromatic carbocycles. The van der Waals surface area contributed by atoms with Gasteiger partial charge in [-0.3, -0.25) is 19.5 Å². The van der Waals surface area contributed by atoms with E-state index in [9.17, 15) is 9.46 Å². The van der Waals surface area contributed by atoms with Crippen LogP contribution in [-0.2, 0) is 35.9 Å². The number of phosphoric acid groups is 1. The number of ether oxygens (including phenoxy) is 1. The predicted molar refractivity (Wildman–Crippen MR) is 112 cm³/mol. The summed E-state index contributed by atoms with van der Waals surface area (Å²) in [6.45, 7) is -0.0974. The molecule has 0 saturated carbocycles. The van der Waals surface area contributed by atoms with Crippen molar-refractivity contribution in [3.8, 4) is 17.2 Å². The molecule has 4 aromatic heterocycles. The van der Waals surface area contributed by atoms with Gasteiger partial charge in [-0.15, -0.1) is 0 Å². The molecule has 0 aliphatic rings. The molecule has 0 saturated heterocycles. The summed E-state index contributed by atoms with van der Waals surface area (Å²) in [5.74, 6) is 1.08. The van der Waals surface area contributed by atoms with Crippen LogP contribution in [0.25, 0.3) is 11.3 Å². The van der Waals surface area contributed by atoms with Crippen LogP contribution in [0.4, 0.5) is 5.82 Å². The van der Waals surface area contributed by atoms with Gasteiger partial charge in [-0.1, -0.05) is 11.2 Å². The SMILES string of the molecule is Cn1cc(COc2ccc(Cc3cc(-c4ccc[n+](COP(=O)([O-])O)c4N)on3)cn2)cn1. The van der Waals surface area contributed by atoms with E-state index in [2.05, 4.69) is 19.8 Å². The molecule has 0 amide bonds. The largest absolute Gasteiger partial charge is 0.756 e. The molecule has 33 heavy (non-hydrogen) atoms. The van der Waals surface area contributed by atoms with E-state index in [1.165, 1.54) is 10.8 Å². The molecule has 12 nitrogen and oxygen atoms in total. The zero-order valence-electron chi connectivity index (χ0n) is 17.6. The molecule has 4 aromatic rings. The monoisotopic (exact) mass is 472 g/mol. The molecular formula is C20H21N6O6P. The number of aromatic nitrogens is 5. The first-order chi connectivity index (χ1) is 15.8. The van der Waals surface area contributed by atoms with E-state index < -0.39 is 14.6 Å². The van der Waals surface area contributed by atoms with Gasteiger partial charge >= 0.3 is 0 Å². The lowest BCUT2D eigenvalue weighted by atomic mass is 10.1. The van der Waals surface area contributed by atoms with Crippen LogP contribution in [0.15, 0.2) is 59.6 Å². The Morgan fingerprint density at radius 2 is 2.15 bits per heavy atom. The second kappa shape index (κ2) is 9.51. The number of phosphoric ester groups is 1. The number of nitrogens with two attached hydrogens (primary N) is 1. The summed E-state index contributed by atoms with van der Waals surface area (Å²) in [5, 5.41) is 8.16. The summed E-state index contributed by atoms with van der Waals surface area (Å²) in [4.78, 5) is 23.9. The van der Waals surface area contributed by atoms with E-state index >= 15 is 0 Å². The summed E-state index contributed by atoms with van der Waals surface area (Å²) in [6.07, 6.45) is 7.29. The molecule has 3 N–H and O–H groups in total. The zero-order valence-corrected chi connectivity index (χ0v) is 18.5. The number of nitrogen functional groups attached to an aromatic ring is 1. The van der Waals surface area contributed by atoms with Gasteiger partial charge in [-0.25, -0.2) is 9.55 Å². The van der Waals surface area contributed by atoms with E-state index in [0.717, 1.165) is 11.1 Å². The second-order valence-electron chi connectivity index (χ2n) is 7.18. The lowest BCUT2D eigenvalue weighted by molar-refractivity contribution is -0.712. The molecule has 0 radical (unpaired) electrons. The Morgan fingerprint density at radius 1 is 1.30 bits per heavy atom. The number of aryl methyl sites for hydroxylation is 1. The van der Waals surface area contributed by atoms with Crippen LogP contribution in [-0.4, -0.2) is 24.8 Å². The Labute approximate surface area is 188 Å². The van der Waals surface area contributed by atoms with Crippen molar-refractivity contribution < 1.29 is 32.7 Å². The number of anilines is 1. The maximum Gasteiger partial charge on any atom is 0.285 e. The number of hydrogen-bond donors (Lipinski definition) is 2. The maximum atomic E-state index is 10.8. The van der Waals surface area contributed by atoms with Gasteiger partial charge in [0, 0.05) is 43.6 Å². The van der Waals surface area contributed by atoms with Crippen molar-refractivity contribution in [1.82, 2.24) is 19.9 Å². The minimum Gasteiger partial charge on any atom is -0.756 e. The number of rotatable bonds is 9. The highest BCUT2D eigenvalue weighted by Crippen LogP contribution is 2.30. The van der Waals surface area contributed by atoms with E-state index in [1.54, 1.807) is 41.3 Å². The summed E-state index contributed by atoms with van der Waals surface area (Å²) in [5.41, 5.74) is 9.09. The van der Waals surface area contributed by atoms with Gasteiger partial charge in [0.25, 0.3) is 13.6 Å². The number of nitrogens with zero attached hydrogens (tertiary/aromatic N) is 5. The van der Waals surface area contributed by atoms with Crippen LogP contribution in [0.1, 0.15) is 16.8 Å². The Balaban J connectivity index is 1.40. The minimum atomic E-state index is -4.88. The van der Waals surface area contributed by atoms with E-state index in [-0.39, 0.29) is 5.82 Å². The van der Waals surface area contributed by atoms with Gasteiger partial charge in [0.05, 0.1) is 18.1 Å². The van der Waals surface area contributed by atoms with Crippen LogP contribution >= 0.6 is 7.82 Å². The fraction of sp³-hybridized carbons (Fsp3) is 0.200. The van der Waals surface area contributed by atoms with Gasteiger partial charge in [0.15, 0.2) is 12.5 Å². The lowest BCUT2D eigenvalue weighted by Gasteiger charge is -2.14. The lowest BCUT2D eigenvalue weighted by Crippen LogP contribution is -2.38. The molecule has 4 heterocycles. The van der Waals surface area contributed by atoms with Crippen LogP contribution in [0.2, 0.25) is 0 Å².